The number of benzene rings is 6. The zero-order valence-corrected chi connectivity index (χ0v) is 19.9. The molecule has 1 nitrogen and oxygen atoms in total. The average molecular weight is 460 g/mol. The summed E-state index contributed by atoms with van der Waals surface area (Å²) in [6.45, 7) is 0. The molecular formula is C35H25N. The van der Waals surface area contributed by atoms with E-state index >= 15 is 0 Å². The minimum absolute atomic E-state index is 0.384. The lowest BCUT2D eigenvalue weighted by Crippen LogP contribution is -2.28. The molecule has 1 aliphatic rings. The highest BCUT2D eigenvalue weighted by Gasteiger charge is 2.45. The van der Waals surface area contributed by atoms with Crippen molar-refractivity contribution in [1.29, 1.82) is 0 Å². The number of fused-ring (bicyclic) bond motifs is 4. The van der Waals surface area contributed by atoms with Gasteiger partial charge in [-0.1, -0.05) is 127 Å². The maximum absolute atomic E-state index is 3.74. The Hall–Kier alpha value is -4.62. The van der Waals surface area contributed by atoms with Crippen LogP contribution in [0.2, 0.25) is 0 Å². The first-order chi connectivity index (χ1) is 17.9. The highest BCUT2D eigenvalue weighted by molar-refractivity contribution is 5.96. The number of anilines is 2. The first-order valence-electron chi connectivity index (χ1n) is 12.5. The molecule has 0 radical (unpaired) electrons. The van der Waals surface area contributed by atoms with Crippen molar-refractivity contribution in [3.8, 4) is 11.1 Å². The monoisotopic (exact) mass is 459 g/mol. The standard InChI is InChI=1S/C35H25N/c1-3-14-26(15-4-1)35(27-16-5-2-6-17-27)32-20-10-9-19-30(32)31-23-22-28(24-33(31)35)36-34-21-11-13-25-12-7-8-18-29(25)34/h1-24,36H. The summed E-state index contributed by atoms with van der Waals surface area (Å²) in [5.74, 6) is 0. The van der Waals surface area contributed by atoms with Gasteiger partial charge in [0.15, 0.2) is 0 Å². The lowest BCUT2D eigenvalue weighted by atomic mass is 9.67. The lowest BCUT2D eigenvalue weighted by Gasteiger charge is -2.34. The molecule has 1 aliphatic carbocycles. The summed E-state index contributed by atoms with van der Waals surface area (Å²) >= 11 is 0. The van der Waals surface area contributed by atoms with Gasteiger partial charge in [-0.2, -0.15) is 0 Å². The Morgan fingerprint density at radius 1 is 0.444 bits per heavy atom. The van der Waals surface area contributed by atoms with Crippen molar-refractivity contribution in [3.63, 3.8) is 0 Å². The molecule has 0 saturated carbocycles. The topological polar surface area (TPSA) is 12.0 Å². The first kappa shape index (κ1) is 20.7. The van der Waals surface area contributed by atoms with Crippen molar-refractivity contribution in [3.05, 3.63) is 168 Å². The molecule has 0 aliphatic heterocycles. The smallest absolute Gasteiger partial charge is 0.0714 e. The molecule has 0 spiro atoms. The van der Waals surface area contributed by atoms with Crippen LogP contribution in [0.1, 0.15) is 22.3 Å². The predicted molar refractivity (Wildman–Crippen MR) is 151 cm³/mol. The van der Waals surface area contributed by atoms with Crippen LogP contribution in [0.4, 0.5) is 11.4 Å². The van der Waals surface area contributed by atoms with Crippen molar-refractivity contribution >= 4 is 22.1 Å². The Kier molecular flexibility index (Phi) is 4.75. The third-order valence-corrected chi connectivity index (χ3v) is 7.53. The van der Waals surface area contributed by atoms with E-state index in [9.17, 15) is 0 Å². The molecule has 0 heterocycles. The lowest BCUT2D eigenvalue weighted by molar-refractivity contribution is 0.769. The van der Waals surface area contributed by atoms with Crippen molar-refractivity contribution in [2.24, 2.45) is 0 Å². The van der Waals surface area contributed by atoms with E-state index < -0.39 is 0 Å². The average Bonchev–Trinajstić information content (AvgIpc) is 3.25. The van der Waals surface area contributed by atoms with Crippen LogP contribution in [0.5, 0.6) is 0 Å². The quantitative estimate of drug-likeness (QED) is 0.277. The Morgan fingerprint density at radius 3 is 1.83 bits per heavy atom. The Morgan fingerprint density at radius 2 is 1.06 bits per heavy atom. The Bertz CT molecular complexity index is 1660. The minimum atomic E-state index is -0.384. The fraction of sp³-hybridized carbons (Fsp3) is 0.0286. The first-order valence-corrected chi connectivity index (χ1v) is 12.5. The van der Waals surface area contributed by atoms with Gasteiger partial charge >= 0.3 is 0 Å². The van der Waals surface area contributed by atoms with Crippen LogP contribution in [0.25, 0.3) is 21.9 Å². The maximum atomic E-state index is 3.74. The van der Waals surface area contributed by atoms with Crippen molar-refractivity contribution in [2.45, 2.75) is 5.41 Å². The highest BCUT2D eigenvalue weighted by atomic mass is 14.9. The largest absolute Gasteiger partial charge is 0.355 e. The number of hydrogen-bond acceptors (Lipinski definition) is 1. The van der Waals surface area contributed by atoms with Crippen LogP contribution in [-0.4, -0.2) is 0 Å². The predicted octanol–water partition coefficient (Wildman–Crippen LogP) is 8.95. The SMILES string of the molecule is c1ccc(C2(c3ccccc3)c3ccccc3-c3ccc(Nc4cccc5ccccc45)cc32)cc1. The van der Waals surface area contributed by atoms with Gasteiger partial charge in [0.05, 0.1) is 5.41 Å². The molecule has 1 N–H and O–H groups in total. The minimum Gasteiger partial charge on any atom is -0.355 e. The molecule has 0 fully saturated rings. The normalized spacial score (nSPS) is 13.2. The third-order valence-electron chi connectivity index (χ3n) is 7.53. The van der Waals surface area contributed by atoms with E-state index in [1.54, 1.807) is 0 Å². The van der Waals surface area contributed by atoms with E-state index in [1.807, 2.05) is 0 Å². The van der Waals surface area contributed by atoms with Crippen LogP contribution in [0, 0.1) is 0 Å². The summed E-state index contributed by atoms with van der Waals surface area (Å²) in [6.07, 6.45) is 0. The van der Waals surface area contributed by atoms with Gasteiger partial charge in [0, 0.05) is 16.8 Å². The van der Waals surface area contributed by atoms with Crippen molar-refractivity contribution < 1.29 is 0 Å². The fourth-order valence-electron chi connectivity index (χ4n) is 6.01. The second kappa shape index (κ2) is 8.25. The molecule has 0 amide bonds. The van der Waals surface area contributed by atoms with Gasteiger partial charge in [0.25, 0.3) is 0 Å². The van der Waals surface area contributed by atoms with Crippen LogP contribution in [0.15, 0.2) is 146 Å². The van der Waals surface area contributed by atoms with E-state index in [0.717, 1.165) is 11.4 Å². The van der Waals surface area contributed by atoms with Gasteiger partial charge in [0.1, 0.15) is 0 Å². The molecule has 0 atom stereocenters. The molecule has 0 saturated heterocycles. The van der Waals surface area contributed by atoms with E-state index in [1.165, 1.54) is 44.2 Å². The molecule has 36 heavy (non-hydrogen) atoms. The summed E-state index contributed by atoms with van der Waals surface area (Å²) in [7, 11) is 0. The molecule has 6 aromatic rings. The maximum Gasteiger partial charge on any atom is 0.0714 e. The molecule has 7 rings (SSSR count). The molecular weight excluding hydrogens is 434 g/mol. The van der Waals surface area contributed by atoms with Crippen LogP contribution in [-0.2, 0) is 5.41 Å². The van der Waals surface area contributed by atoms with Gasteiger partial charge in [0.2, 0.25) is 0 Å². The zero-order chi connectivity index (χ0) is 24.0. The van der Waals surface area contributed by atoms with Gasteiger partial charge in [-0.05, 0) is 57.0 Å². The molecule has 1 heteroatoms. The Balaban J connectivity index is 1.49. The molecule has 0 bridgehead atoms. The number of nitrogens with one attached hydrogen (secondary N) is 1. The summed E-state index contributed by atoms with van der Waals surface area (Å²) in [4.78, 5) is 0. The summed E-state index contributed by atoms with van der Waals surface area (Å²) in [6, 6.07) is 52.6. The Labute approximate surface area is 211 Å². The van der Waals surface area contributed by atoms with E-state index in [-0.39, 0.29) is 5.41 Å². The highest BCUT2D eigenvalue weighted by Crippen LogP contribution is 2.56. The fourth-order valence-corrected chi connectivity index (χ4v) is 6.01. The van der Waals surface area contributed by atoms with Gasteiger partial charge in [-0.15, -0.1) is 0 Å². The second-order valence-electron chi connectivity index (χ2n) is 9.44. The van der Waals surface area contributed by atoms with E-state index in [4.69, 9.17) is 0 Å². The van der Waals surface area contributed by atoms with Gasteiger partial charge in [-0.3, -0.25) is 0 Å². The van der Waals surface area contributed by atoms with Crippen molar-refractivity contribution in [2.75, 3.05) is 5.32 Å². The zero-order valence-electron chi connectivity index (χ0n) is 19.9. The van der Waals surface area contributed by atoms with Crippen LogP contribution >= 0.6 is 0 Å². The van der Waals surface area contributed by atoms with E-state index in [2.05, 4.69) is 151 Å². The summed E-state index contributed by atoms with van der Waals surface area (Å²) < 4.78 is 0. The van der Waals surface area contributed by atoms with Crippen LogP contribution in [0.3, 0.4) is 0 Å². The van der Waals surface area contributed by atoms with E-state index in [0.29, 0.717) is 0 Å². The molecule has 6 aromatic carbocycles. The molecule has 0 unspecified atom stereocenters. The third kappa shape index (κ3) is 3.03. The number of rotatable bonds is 4. The van der Waals surface area contributed by atoms with Gasteiger partial charge in [-0.25, -0.2) is 0 Å². The number of hydrogen-bond donors (Lipinski definition) is 1. The van der Waals surface area contributed by atoms with Crippen LogP contribution < -0.4 is 5.32 Å². The van der Waals surface area contributed by atoms with Crippen molar-refractivity contribution in [1.82, 2.24) is 0 Å². The second-order valence-corrected chi connectivity index (χ2v) is 9.44. The van der Waals surface area contributed by atoms with Gasteiger partial charge < -0.3 is 5.32 Å². The molecule has 170 valence electrons. The molecule has 0 aromatic heterocycles. The summed E-state index contributed by atoms with van der Waals surface area (Å²) in [5.41, 5.74) is 9.63. The summed E-state index contributed by atoms with van der Waals surface area (Å²) in [5, 5.41) is 6.20.